The minimum Gasteiger partial charge on any atom is -0.406 e. The Kier molecular flexibility index (Phi) is 4.19. The van der Waals surface area contributed by atoms with E-state index in [0.717, 1.165) is 25.3 Å². The number of ether oxygens (including phenoxy) is 2. The predicted octanol–water partition coefficient (Wildman–Crippen LogP) is 3.42. The van der Waals surface area contributed by atoms with Gasteiger partial charge in [-0.1, -0.05) is 0 Å². The van der Waals surface area contributed by atoms with Crippen molar-refractivity contribution in [3.63, 3.8) is 0 Å². The monoisotopic (exact) mass is 275 g/mol. The summed E-state index contributed by atoms with van der Waals surface area (Å²) in [6.45, 7) is 3.54. The number of rotatable bonds is 4. The van der Waals surface area contributed by atoms with Crippen molar-refractivity contribution in [2.75, 3.05) is 18.5 Å². The van der Waals surface area contributed by atoms with Crippen LogP contribution in [0.4, 0.5) is 18.9 Å². The number of benzene rings is 1. The fourth-order valence-corrected chi connectivity index (χ4v) is 2.08. The fourth-order valence-electron chi connectivity index (χ4n) is 2.08. The van der Waals surface area contributed by atoms with E-state index in [9.17, 15) is 13.2 Å². The van der Waals surface area contributed by atoms with Gasteiger partial charge < -0.3 is 14.8 Å². The molecule has 1 aliphatic heterocycles. The van der Waals surface area contributed by atoms with Crippen LogP contribution in [0.15, 0.2) is 24.3 Å². The lowest BCUT2D eigenvalue weighted by atomic mass is 10.0. The second-order valence-corrected chi connectivity index (χ2v) is 4.63. The van der Waals surface area contributed by atoms with Crippen molar-refractivity contribution in [1.82, 2.24) is 0 Å². The molecule has 0 aromatic heterocycles. The largest absolute Gasteiger partial charge is 0.573 e. The van der Waals surface area contributed by atoms with Crippen molar-refractivity contribution >= 4 is 5.69 Å². The Hall–Kier alpha value is -1.43. The molecule has 0 saturated carbocycles. The quantitative estimate of drug-likeness (QED) is 0.913. The highest BCUT2D eigenvalue weighted by Crippen LogP contribution is 2.25. The lowest BCUT2D eigenvalue weighted by Gasteiger charge is -2.20. The normalized spacial score (nSPS) is 21.2. The van der Waals surface area contributed by atoms with Crippen LogP contribution in [0.5, 0.6) is 5.75 Å². The van der Waals surface area contributed by atoms with E-state index in [-0.39, 0.29) is 11.8 Å². The number of hydrogen-bond donors (Lipinski definition) is 1. The number of halogens is 3. The van der Waals surface area contributed by atoms with E-state index in [0.29, 0.717) is 5.92 Å². The van der Waals surface area contributed by atoms with E-state index < -0.39 is 6.36 Å². The summed E-state index contributed by atoms with van der Waals surface area (Å²) in [5.41, 5.74) is 0.772. The van der Waals surface area contributed by atoms with Crippen LogP contribution >= 0.6 is 0 Å². The molecule has 2 rings (SSSR count). The average Bonchev–Trinajstić information content (AvgIpc) is 2.83. The molecule has 1 N–H and O–H groups in total. The molecule has 0 aliphatic carbocycles. The van der Waals surface area contributed by atoms with Crippen LogP contribution in [-0.4, -0.2) is 25.6 Å². The number of hydrogen-bond acceptors (Lipinski definition) is 3. The van der Waals surface area contributed by atoms with Crippen molar-refractivity contribution in [1.29, 1.82) is 0 Å². The highest BCUT2D eigenvalue weighted by atomic mass is 19.4. The maximum absolute atomic E-state index is 12.0. The highest BCUT2D eigenvalue weighted by Gasteiger charge is 2.31. The lowest BCUT2D eigenvalue weighted by Crippen LogP contribution is -2.26. The van der Waals surface area contributed by atoms with E-state index in [1.807, 2.05) is 6.92 Å². The molecule has 1 heterocycles. The van der Waals surface area contributed by atoms with Crippen LogP contribution in [0.3, 0.4) is 0 Å². The third-order valence-corrected chi connectivity index (χ3v) is 3.15. The van der Waals surface area contributed by atoms with E-state index in [1.54, 1.807) is 12.1 Å². The smallest absolute Gasteiger partial charge is 0.406 e. The third kappa shape index (κ3) is 4.31. The molecule has 3 nitrogen and oxygen atoms in total. The molecule has 1 saturated heterocycles. The van der Waals surface area contributed by atoms with Crippen molar-refractivity contribution in [3.8, 4) is 5.75 Å². The number of nitrogens with one attached hydrogen (secondary N) is 1. The van der Waals surface area contributed by atoms with Gasteiger partial charge in [0.15, 0.2) is 0 Å². The van der Waals surface area contributed by atoms with Crippen LogP contribution in [0.2, 0.25) is 0 Å². The van der Waals surface area contributed by atoms with Crippen LogP contribution < -0.4 is 10.1 Å². The Morgan fingerprint density at radius 2 is 2.00 bits per heavy atom. The highest BCUT2D eigenvalue weighted by molar-refractivity contribution is 5.47. The second kappa shape index (κ2) is 5.69. The Bertz CT molecular complexity index is 399. The van der Waals surface area contributed by atoms with Crippen LogP contribution in [0.1, 0.15) is 13.3 Å². The van der Waals surface area contributed by atoms with Gasteiger partial charge in [0.2, 0.25) is 0 Å². The van der Waals surface area contributed by atoms with Crippen LogP contribution in [0, 0.1) is 5.92 Å². The zero-order valence-corrected chi connectivity index (χ0v) is 10.5. The molecular weight excluding hydrogens is 259 g/mol. The standard InChI is InChI=1S/C13H16F3NO2/c1-9(10-6-7-18-8-10)17-11-2-4-12(5-3-11)19-13(14,15)16/h2-5,9-10,17H,6-8H2,1H3. The van der Waals surface area contributed by atoms with Crippen molar-refractivity contribution in [2.24, 2.45) is 5.92 Å². The molecule has 2 unspecified atom stereocenters. The van der Waals surface area contributed by atoms with Gasteiger partial charge in [0, 0.05) is 24.3 Å². The van der Waals surface area contributed by atoms with Gasteiger partial charge in [-0.05, 0) is 37.6 Å². The maximum atomic E-state index is 12.0. The first-order chi connectivity index (χ1) is 8.94. The molecule has 1 aromatic carbocycles. The summed E-state index contributed by atoms with van der Waals surface area (Å²) in [6.07, 6.45) is -3.65. The molecule has 1 fully saturated rings. The molecule has 106 valence electrons. The molecule has 6 heteroatoms. The molecule has 0 spiro atoms. The summed E-state index contributed by atoms with van der Waals surface area (Å²) in [4.78, 5) is 0. The minimum absolute atomic E-state index is 0.213. The Morgan fingerprint density at radius 1 is 1.32 bits per heavy atom. The molecule has 2 atom stereocenters. The molecule has 0 bridgehead atoms. The van der Waals surface area contributed by atoms with Gasteiger partial charge in [-0.25, -0.2) is 0 Å². The van der Waals surface area contributed by atoms with Crippen molar-refractivity contribution in [3.05, 3.63) is 24.3 Å². The molecular formula is C13H16F3NO2. The first kappa shape index (κ1) is 14.0. The molecule has 0 radical (unpaired) electrons. The average molecular weight is 275 g/mol. The maximum Gasteiger partial charge on any atom is 0.573 e. The number of alkyl halides is 3. The van der Waals surface area contributed by atoms with Crippen LogP contribution in [-0.2, 0) is 4.74 Å². The lowest BCUT2D eigenvalue weighted by molar-refractivity contribution is -0.274. The summed E-state index contributed by atoms with van der Waals surface area (Å²) >= 11 is 0. The SMILES string of the molecule is CC(Nc1ccc(OC(F)(F)F)cc1)C1CCOC1. The molecule has 1 aromatic rings. The third-order valence-electron chi connectivity index (χ3n) is 3.15. The molecule has 19 heavy (non-hydrogen) atoms. The summed E-state index contributed by atoms with van der Waals surface area (Å²) in [6, 6.07) is 5.97. The Morgan fingerprint density at radius 3 is 2.53 bits per heavy atom. The van der Waals surface area contributed by atoms with E-state index in [1.165, 1.54) is 12.1 Å². The first-order valence-electron chi connectivity index (χ1n) is 6.14. The topological polar surface area (TPSA) is 30.5 Å². The van der Waals surface area contributed by atoms with Crippen molar-refractivity contribution in [2.45, 2.75) is 25.7 Å². The number of anilines is 1. The Balaban J connectivity index is 1.91. The molecule has 1 aliphatic rings. The summed E-state index contributed by atoms with van der Waals surface area (Å²) < 4.78 is 45.1. The predicted molar refractivity (Wildman–Crippen MR) is 65.1 cm³/mol. The van der Waals surface area contributed by atoms with Gasteiger partial charge in [0.1, 0.15) is 5.75 Å². The Labute approximate surface area is 109 Å². The summed E-state index contributed by atoms with van der Waals surface area (Å²) in [5, 5.41) is 3.26. The fraction of sp³-hybridized carbons (Fsp3) is 0.538. The van der Waals surface area contributed by atoms with Crippen LogP contribution in [0.25, 0.3) is 0 Å². The summed E-state index contributed by atoms with van der Waals surface area (Å²) in [5.74, 6) is 0.223. The zero-order valence-electron chi connectivity index (χ0n) is 10.5. The van der Waals surface area contributed by atoms with E-state index in [4.69, 9.17) is 4.74 Å². The van der Waals surface area contributed by atoms with Gasteiger partial charge in [-0.2, -0.15) is 0 Å². The van der Waals surface area contributed by atoms with Gasteiger partial charge in [0.05, 0.1) is 6.61 Å². The van der Waals surface area contributed by atoms with Gasteiger partial charge in [-0.3, -0.25) is 0 Å². The van der Waals surface area contributed by atoms with Gasteiger partial charge >= 0.3 is 6.36 Å². The van der Waals surface area contributed by atoms with Crippen molar-refractivity contribution < 1.29 is 22.6 Å². The summed E-state index contributed by atoms with van der Waals surface area (Å²) in [7, 11) is 0. The zero-order chi connectivity index (χ0) is 13.9. The molecule has 0 amide bonds. The van der Waals surface area contributed by atoms with E-state index >= 15 is 0 Å². The van der Waals surface area contributed by atoms with Gasteiger partial charge in [0.25, 0.3) is 0 Å². The second-order valence-electron chi connectivity index (χ2n) is 4.63. The van der Waals surface area contributed by atoms with E-state index in [2.05, 4.69) is 10.1 Å². The van der Waals surface area contributed by atoms with Gasteiger partial charge in [-0.15, -0.1) is 13.2 Å². The first-order valence-corrected chi connectivity index (χ1v) is 6.14. The minimum atomic E-state index is -4.65.